The first-order valence-corrected chi connectivity index (χ1v) is 10.1. The van der Waals surface area contributed by atoms with Gasteiger partial charge in [-0.1, -0.05) is 17.7 Å². The lowest BCUT2D eigenvalue weighted by Gasteiger charge is -2.37. The molecule has 25 heavy (non-hydrogen) atoms. The zero-order valence-corrected chi connectivity index (χ0v) is 15.3. The summed E-state index contributed by atoms with van der Waals surface area (Å²) in [7, 11) is -3.67. The average molecular weight is 389 g/mol. The quantitative estimate of drug-likeness (QED) is 0.823. The second kappa shape index (κ2) is 7.59. The molecule has 2 saturated heterocycles. The van der Waals surface area contributed by atoms with Crippen LogP contribution in [0.25, 0.3) is 0 Å². The summed E-state index contributed by atoms with van der Waals surface area (Å²) < 4.78 is 38.1. The average Bonchev–Trinajstić information content (AvgIpc) is 3.03. The van der Waals surface area contributed by atoms with Gasteiger partial charge in [0.2, 0.25) is 15.9 Å². The van der Waals surface area contributed by atoms with E-state index in [2.05, 4.69) is 4.72 Å². The molecule has 2 aliphatic heterocycles. The zero-order chi connectivity index (χ0) is 17.9. The summed E-state index contributed by atoms with van der Waals surface area (Å²) in [6.45, 7) is 2.35. The maximum absolute atomic E-state index is 12.3. The molecule has 1 spiro atoms. The summed E-state index contributed by atoms with van der Waals surface area (Å²) in [4.78, 5) is 14.1. The topological polar surface area (TPSA) is 84.9 Å². The fourth-order valence-electron chi connectivity index (χ4n) is 3.05. The third kappa shape index (κ3) is 4.51. The SMILES string of the molecule is O=C(CCNS(=O)(=O)c1cccc(Cl)c1)N1CCC2(CC1)OCCO2. The van der Waals surface area contributed by atoms with Crippen molar-refractivity contribution < 1.29 is 22.7 Å². The van der Waals surface area contributed by atoms with Gasteiger partial charge in [0.15, 0.2) is 5.79 Å². The number of carbonyl (C=O) groups is 1. The van der Waals surface area contributed by atoms with Crippen LogP contribution in [0.15, 0.2) is 29.2 Å². The van der Waals surface area contributed by atoms with Crippen molar-refractivity contribution >= 4 is 27.5 Å². The molecule has 1 amide bonds. The molecule has 0 atom stereocenters. The predicted molar refractivity (Wildman–Crippen MR) is 91.7 cm³/mol. The van der Waals surface area contributed by atoms with Gasteiger partial charge in [-0.25, -0.2) is 13.1 Å². The third-order valence-corrected chi connectivity index (χ3v) is 6.12. The Morgan fingerprint density at radius 2 is 1.92 bits per heavy atom. The lowest BCUT2D eigenvalue weighted by Crippen LogP contribution is -2.47. The largest absolute Gasteiger partial charge is 0.347 e. The second-order valence-electron chi connectivity index (χ2n) is 6.09. The van der Waals surface area contributed by atoms with Gasteiger partial charge in [0.25, 0.3) is 0 Å². The smallest absolute Gasteiger partial charge is 0.240 e. The zero-order valence-electron chi connectivity index (χ0n) is 13.7. The summed E-state index contributed by atoms with van der Waals surface area (Å²) in [6.07, 6.45) is 1.40. The summed E-state index contributed by atoms with van der Waals surface area (Å²) in [5.41, 5.74) is 0. The van der Waals surface area contributed by atoms with Crippen LogP contribution in [-0.2, 0) is 24.3 Å². The van der Waals surface area contributed by atoms with Crippen LogP contribution in [0.4, 0.5) is 0 Å². The first-order valence-electron chi connectivity index (χ1n) is 8.21. The molecule has 2 fully saturated rings. The molecule has 1 aromatic carbocycles. The predicted octanol–water partition coefficient (Wildman–Crippen LogP) is 1.37. The van der Waals surface area contributed by atoms with Gasteiger partial charge in [0.1, 0.15) is 0 Å². The maximum atomic E-state index is 12.3. The number of likely N-dealkylation sites (tertiary alicyclic amines) is 1. The molecule has 0 radical (unpaired) electrons. The lowest BCUT2D eigenvalue weighted by atomic mass is 10.0. The number of ether oxygens (including phenoxy) is 2. The molecule has 7 nitrogen and oxygen atoms in total. The van der Waals surface area contributed by atoms with Gasteiger partial charge in [-0.05, 0) is 18.2 Å². The normalized spacial score (nSPS) is 20.1. The molecule has 0 bridgehead atoms. The molecule has 0 saturated carbocycles. The summed E-state index contributed by atoms with van der Waals surface area (Å²) in [6, 6.07) is 6.00. The van der Waals surface area contributed by atoms with E-state index in [0.717, 1.165) is 0 Å². The summed E-state index contributed by atoms with van der Waals surface area (Å²) in [5, 5.41) is 0.345. The molecule has 2 heterocycles. The molecule has 0 aliphatic carbocycles. The molecule has 0 unspecified atom stereocenters. The third-order valence-electron chi connectivity index (χ3n) is 4.43. The Bertz CT molecular complexity index is 724. The van der Waals surface area contributed by atoms with Crippen LogP contribution >= 0.6 is 11.6 Å². The van der Waals surface area contributed by atoms with Gasteiger partial charge in [0.05, 0.1) is 18.1 Å². The number of hydrogen-bond donors (Lipinski definition) is 1. The highest BCUT2D eigenvalue weighted by atomic mass is 35.5. The number of amides is 1. The highest BCUT2D eigenvalue weighted by Gasteiger charge is 2.40. The molecule has 9 heteroatoms. The molecular formula is C16H21ClN2O5S. The van der Waals surface area contributed by atoms with Crippen LogP contribution in [-0.4, -0.2) is 57.9 Å². The number of carbonyl (C=O) groups excluding carboxylic acids is 1. The van der Waals surface area contributed by atoms with Crippen LogP contribution in [0.1, 0.15) is 19.3 Å². The van der Waals surface area contributed by atoms with Crippen LogP contribution < -0.4 is 4.72 Å². The number of benzene rings is 1. The van der Waals surface area contributed by atoms with Crippen LogP contribution in [0.3, 0.4) is 0 Å². The Labute approximate surface area is 152 Å². The van der Waals surface area contributed by atoms with Crippen LogP contribution in [0.2, 0.25) is 5.02 Å². The number of piperidine rings is 1. The number of rotatable bonds is 5. The van der Waals surface area contributed by atoms with Gasteiger partial charge >= 0.3 is 0 Å². The van der Waals surface area contributed by atoms with E-state index in [0.29, 0.717) is 44.2 Å². The van der Waals surface area contributed by atoms with Gasteiger partial charge in [-0.15, -0.1) is 0 Å². The first kappa shape index (κ1) is 18.6. The van der Waals surface area contributed by atoms with E-state index < -0.39 is 15.8 Å². The molecule has 1 N–H and O–H groups in total. The van der Waals surface area contributed by atoms with E-state index in [1.807, 2.05) is 0 Å². The monoisotopic (exact) mass is 388 g/mol. The fraction of sp³-hybridized carbons (Fsp3) is 0.562. The molecule has 2 aliphatic rings. The Morgan fingerprint density at radius 1 is 1.24 bits per heavy atom. The van der Waals surface area contributed by atoms with Crippen molar-refractivity contribution in [2.75, 3.05) is 32.8 Å². The first-order chi connectivity index (χ1) is 11.9. The standard InChI is InChI=1S/C16H21ClN2O5S/c17-13-2-1-3-14(12-13)25(21,22)18-7-4-15(20)19-8-5-16(6-9-19)23-10-11-24-16/h1-3,12,18H,4-11H2. The minimum absolute atomic E-state index is 0.0440. The van der Waals surface area contributed by atoms with Crippen molar-refractivity contribution in [2.45, 2.75) is 29.9 Å². The molecule has 1 aromatic rings. The van der Waals surface area contributed by atoms with E-state index in [1.165, 1.54) is 12.1 Å². The summed E-state index contributed by atoms with van der Waals surface area (Å²) >= 11 is 5.81. The fourth-order valence-corrected chi connectivity index (χ4v) is 4.38. The van der Waals surface area contributed by atoms with Gasteiger partial charge < -0.3 is 14.4 Å². The highest BCUT2D eigenvalue weighted by Crippen LogP contribution is 2.31. The van der Waals surface area contributed by atoms with Crippen molar-refractivity contribution in [3.8, 4) is 0 Å². The Kier molecular flexibility index (Phi) is 5.65. The molecule has 0 aromatic heterocycles. The lowest BCUT2D eigenvalue weighted by molar-refractivity contribution is -0.187. The van der Waals surface area contributed by atoms with Crippen LogP contribution in [0.5, 0.6) is 0 Å². The molecular weight excluding hydrogens is 368 g/mol. The Morgan fingerprint density at radius 3 is 2.56 bits per heavy atom. The minimum Gasteiger partial charge on any atom is -0.347 e. The number of nitrogens with one attached hydrogen (secondary N) is 1. The van der Waals surface area contributed by atoms with E-state index in [1.54, 1.807) is 17.0 Å². The van der Waals surface area contributed by atoms with Crippen molar-refractivity contribution in [1.29, 1.82) is 0 Å². The van der Waals surface area contributed by atoms with Crippen molar-refractivity contribution in [3.05, 3.63) is 29.3 Å². The molecule has 138 valence electrons. The van der Waals surface area contributed by atoms with E-state index in [4.69, 9.17) is 21.1 Å². The van der Waals surface area contributed by atoms with Crippen molar-refractivity contribution in [1.82, 2.24) is 9.62 Å². The molecule has 3 rings (SSSR count). The van der Waals surface area contributed by atoms with Crippen LogP contribution in [0, 0.1) is 0 Å². The van der Waals surface area contributed by atoms with Crippen molar-refractivity contribution in [3.63, 3.8) is 0 Å². The summed E-state index contributed by atoms with van der Waals surface area (Å²) in [5.74, 6) is -0.605. The number of nitrogens with zero attached hydrogens (tertiary/aromatic N) is 1. The van der Waals surface area contributed by atoms with Gasteiger partial charge in [-0.3, -0.25) is 4.79 Å². The second-order valence-corrected chi connectivity index (χ2v) is 8.30. The van der Waals surface area contributed by atoms with E-state index >= 15 is 0 Å². The van der Waals surface area contributed by atoms with E-state index in [-0.39, 0.29) is 23.8 Å². The highest BCUT2D eigenvalue weighted by molar-refractivity contribution is 7.89. The number of halogens is 1. The number of hydrogen-bond acceptors (Lipinski definition) is 5. The van der Waals surface area contributed by atoms with E-state index in [9.17, 15) is 13.2 Å². The minimum atomic E-state index is -3.67. The number of sulfonamides is 1. The van der Waals surface area contributed by atoms with Crippen molar-refractivity contribution in [2.24, 2.45) is 0 Å². The Hall–Kier alpha value is -1.19. The van der Waals surface area contributed by atoms with Gasteiger partial charge in [0, 0.05) is 43.9 Å². The van der Waals surface area contributed by atoms with Gasteiger partial charge in [-0.2, -0.15) is 0 Å². The maximum Gasteiger partial charge on any atom is 0.240 e. The Balaban J connectivity index is 1.46.